The number of hydrogen-bond donors (Lipinski definition) is 0. The van der Waals surface area contributed by atoms with Gasteiger partial charge in [0.05, 0.1) is 5.75 Å². The molecule has 0 spiro atoms. The van der Waals surface area contributed by atoms with Gasteiger partial charge >= 0.3 is 0 Å². The molecule has 16 heavy (non-hydrogen) atoms. The molecule has 0 aromatic carbocycles. The normalized spacial score (nSPS) is 21.6. The Morgan fingerprint density at radius 3 is 2.69 bits per heavy atom. The summed E-state index contributed by atoms with van der Waals surface area (Å²) in [6.07, 6.45) is 6.96. The van der Waals surface area contributed by atoms with Gasteiger partial charge in [-0.2, -0.15) is 0 Å². The van der Waals surface area contributed by atoms with E-state index < -0.39 is 9.84 Å². The molecule has 0 saturated carbocycles. The Hall–Kier alpha value is -0.640. The SMILES string of the molecule is CC1CC=C(C(=O)CCCS(C)(=O)=O)CC1. The highest BCUT2D eigenvalue weighted by atomic mass is 32.2. The van der Waals surface area contributed by atoms with Gasteiger partial charge in [0.25, 0.3) is 0 Å². The van der Waals surface area contributed by atoms with Crippen LogP contribution in [-0.4, -0.2) is 26.2 Å². The van der Waals surface area contributed by atoms with Crippen molar-refractivity contribution in [3.05, 3.63) is 11.6 Å². The molecule has 0 aromatic heterocycles. The van der Waals surface area contributed by atoms with Crippen molar-refractivity contribution in [3.63, 3.8) is 0 Å². The molecule has 3 nitrogen and oxygen atoms in total. The average molecular weight is 244 g/mol. The summed E-state index contributed by atoms with van der Waals surface area (Å²) in [7, 11) is -2.93. The van der Waals surface area contributed by atoms with Gasteiger partial charge in [-0.15, -0.1) is 0 Å². The third-order valence-electron chi connectivity index (χ3n) is 2.95. The average Bonchev–Trinajstić information content (AvgIpc) is 2.16. The zero-order chi connectivity index (χ0) is 12.2. The quantitative estimate of drug-likeness (QED) is 0.744. The minimum Gasteiger partial charge on any atom is -0.295 e. The fourth-order valence-corrected chi connectivity index (χ4v) is 2.54. The van der Waals surface area contributed by atoms with Gasteiger partial charge in [-0.25, -0.2) is 8.42 Å². The molecule has 0 amide bonds. The molecule has 0 aromatic rings. The lowest BCUT2D eigenvalue weighted by molar-refractivity contribution is -0.115. The Labute approximate surface area is 97.8 Å². The molecule has 4 heteroatoms. The van der Waals surface area contributed by atoms with Crippen LogP contribution in [0.25, 0.3) is 0 Å². The maximum atomic E-state index is 11.7. The monoisotopic (exact) mass is 244 g/mol. The van der Waals surface area contributed by atoms with E-state index >= 15 is 0 Å². The van der Waals surface area contributed by atoms with Crippen molar-refractivity contribution in [3.8, 4) is 0 Å². The minimum atomic E-state index is -2.93. The molecule has 0 N–H and O–H groups in total. The van der Waals surface area contributed by atoms with Crippen LogP contribution in [0.4, 0.5) is 0 Å². The summed E-state index contributed by atoms with van der Waals surface area (Å²) in [6.45, 7) is 2.18. The summed E-state index contributed by atoms with van der Waals surface area (Å²) in [5.41, 5.74) is 0.909. The van der Waals surface area contributed by atoms with Gasteiger partial charge in [0.15, 0.2) is 5.78 Å². The predicted octanol–water partition coefficient (Wildman–Crippen LogP) is 2.13. The van der Waals surface area contributed by atoms with E-state index in [4.69, 9.17) is 0 Å². The molecule has 0 aliphatic heterocycles. The number of rotatable bonds is 5. The van der Waals surface area contributed by atoms with E-state index in [1.54, 1.807) is 0 Å². The molecule has 1 aliphatic carbocycles. The zero-order valence-corrected chi connectivity index (χ0v) is 10.8. The Kier molecular flexibility index (Phi) is 4.71. The maximum Gasteiger partial charge on any atom is 0.158 e. The van der Waals surface area contributed by atoms with Crippen LogP contribution in [0.3, 0.4) is 0 Å². The van der Waals surface area contributed by atoms with Crippen LogP contribution in [0.2, 0.25) is 0 Å². The van der Waals surface area contributed by atoms with E-state index in [1.807, 2.05) is 6.08 Å². The smallest absolute Gasteiger partial charge is 0.158 e. The van der Waals surface area contributed by atoms with Crippen molar-refractivity contribution in [2.75, 3.05) is 12.0 Å². The topological polar surface area (TPSA) is 51.2 Å². The van der Waals surface area contributed by atoms with E-state index in [2.05, 4.69) is 6.92 Å². The first kappa shape index (κ1) is 13.4. The Morgan fingerprint density at radius 2 is 2.19 bits per heavy atom. The number of carbonyl (C=O) groups excluding carboxylic acids is 1. The molecule has 1 atom stereocenters. The van der Waals surface area contributed by atoms with Gasteiger partial charge in [0, 0.05) is 12.7 Å². The minimum absolute atomic E-state index is 0.114. The second kappa shape index (κ2) is 5.62. The highest BCUT2D eigenvalue weighted by Gasteiger charge is 2.16. The Balaban J connectivity index is 2.36. The summed E-state index contributed by atoms with van der Waals surface area (Å²) in [5.74, 6) is 0.922. The fraction of sp³-hybridized carbons (Fsp3) is 0.750. The lowest BCUT2D eigenvalue weighted by atomic mass is 9.88. The van der Waals surface area contributed by atoms with E-state index in [0.29, 0.717) is 18.8 Å². The van der Waals surface area contributed by atoms with Crippen LogP contribution in [0.15, 0.2) is 11.6 Å². The van der Waals surface area contributed by atoms with Gasteiger partial charge in [-0.05, 0) is 37.2 Å². The lowest BCUT2D eigenvalue weighted by Gasteiger charge is -2.17. The number of hydrogen-bond acceptors (Lipinski definition) is 3. The molecule has 0 bridgehead atoms. The van der Waals surface area contributed by atoms with Crippen molar-refractivity contribution in [2.24, 2.45) is 5.92 Å². The highest BCUT2D eigenvalue weighted by Crippen LogP contribution is 2.24. The molecular weight excluding hydrogens is 224 g/mol. The molecule has 0 heterocycles. The van der Waals surface area contributed by atoms with E-state index in [9.17, 15) is 13.2 Å². The molecular formula is C12H20O3S. The van der Waals surface area contributed by atoms with Crippen molar-refractivity contribution >= 4 is 15.6 Å². The summed E-state index contributed by atoms with van der Waals surface area (Å²) in [4.78, 5) is 11.7. The third-order valence-corrected chi connectivity index (χ3v) is 3.98. The molecule has 92 valence electrons. The van der Waals surface area contributed by atoms with E-state index in [0.717, 1.165) is 24.8 Å². The molecule has 1 unspecified atom stereocenters. The summed E-state index contributed by atoms with van der Waals surface area (Å²) in [5, 5.41) is 0. The van der Waals surface area contributed by atoms with E-state index in [1.165, 1.54) is 6.26 Å². The second-order valence-corrected chi connectivity index (χ2v) is 7.03. The predicted molar refractivity (Wildman–Crippen MR) is 65.0 cm³/mol. The van der Waals surface area contributed by atoms with Gasteiger partial charge < -0.3 is 0 Å². The molecule has 0 radical (unpaired) electrons. The summed E-state index contributed by atoms with van der Waals surface area (Å²) < 4.78 is 21.8. The summed E-state index contributed by atoms with van der Waals surface area (Å²) in [6, 6.07) is 0. The van der Waals surface area contributed by atoms with Crippen molar-refractivity contribution in [1.29, 1.82) is 0 Å². The van der Waals surface area contributed by atoms with E-state index in [-0.39, 0.29) is 11.5 Å². The van der Waals surface area contributed by atoms with Crippen LogP contribution in [0.5, 0.6) is 0 Å². The van der Waals surface area contributed by atoms with Crippen LogP contribution >= 0.6 is 0 Å². The second-order valence-electron chi connectivity index (χ2n) is 4.77. The molecule has 1 rings (SSSR count). The van der Waals surface area contributed by atoms with Gasteiger partial charge in [0.1, 0.15) is 9.84 Å². The number of sulfone groups is 1. The zero-order valence-electron chi connectivity index (χ0n) is 10.0. The van der Waals surface area contributed by atoms with Crippen molar-refractivity contribution in [1.82, 2.24) is 0 Å². The van der Waals surface area contributed by atoms with Gasteiger partial charge in [0.2, 0.25) is 0 Å². The molecule has 0 fully saturated rings. The Morgan fingerprint density at radius 1 is 1.50 bits per heavy atom. The largest absolute Gasteiger partial charge is 0.295 e. The summed E-state index contributed by atoms with van der Waals surface area (Å²) >= 11 is 0. The number of ketones is 1. The Bertz CT molecular complexity index is 379. The fourth-order valence-electron chi connectivity index (χ4n) is 1.87. The van der Waals surface area contributed by atoms with Gasteiger partial charge in [-0.3, -0.25) is 4.79 Å². The molecule has 1 aliphatic rings. The first-order valence-electron chi connectivity index (χ1n) is 5.78. The van der Waals surface area contributed by atoms with Crippen LogP contribution in [-0.2, 0) is 14.6 Å². The highest BCUT2D eigenvalue weighted by molar-refractivity contribution is 7.90. The van der Waals surface area contributed by atoms with Crippen LogP contribution < -0.4 is 0 Å². The third kappa shape index (κ3) is 4.92. The van der Waals surface area contributed by atoms with Crippen molar-refractivity contribution in [2.45, 2.75) is 39.0 Å². The standard InChI is InChI=1S/C12H20O3S/c1-10-5-7-11(8-6-10)12(13)4-3-9-16(2,14)15/h7,10H,3-6,8-9H2,1-2H3. The number of allylic oxidation sites excluding steroid dienone is 2. The number of Topliss-reactive ketones (excluding diaryl/α,β-unsaturated/α-hetero) is 1. The first-order chi connectivity index (χ1) is 7.38. The van der Waals surface area contributed by atoms with Crippen LogP contribution in [0, 0.1) is 5.92 Å². The first-order valence-corrected chi connectivity index (χ1v) is 7.84. The van der Waals surface area contributed by atoms with Crippen molar-refractivity contribution < 1.29 is 13.2 Å². The lowest BCUT2D eigenvalue weighted by Crippen LogP contribution is -2.11. The maximum absolute atomic E-state index is 11.7. The number of carbonyl (C=O) groups is 1. The molecule has 0 saturated heterocycles. The van der Waals surface area contributed by atoms with Crippen LogP contribution in [0.1, 0.15) is 39.0 Å². The van der Waals surface area contributed by atoms with Gasteiger partial charge in [-0.1, -0.05) is 13.0 Å².